The SMILES string of the molecule is CCCCc1[c-]cccc1.O=S(=O)(O)O.Oc1ccccc1.[Na+]. The fraction of sp³-hybridized carbons (Fsp3) is 0.250. The van der Waals surface area contributed by atoms with E-state index in [1.165, 1.54) is 24.8 Å². The number of rotatable bonds is 3. The number of aromatic hydroxyl groups is 1. The van der Waals surface area contributed by atoms with Crippen molar-refractivity contribution < 1.29 is 52.2 Å². The summed E-state index contributed by atoms with van der Waals surface area (Å²) >= 11 is 0. The molecule has 0 bridgehead atoms. The van der Waals surface area contributed by atoms with Gasteiger partial charge in [-0.05, 0) is 12.1 Å². The summed E-state index contributed by atoms with van der Waals surface area (Å²) in [6.45, 7) is 2.21. The molecule has 7 heteroatoms. The van der Waals surface area contributed by atoms with Crippen molar-refractivity contribution in [1.29, 1.82) is 0 Å². The van der Waals surface area contributed by atoms with Crippen LogP contribution in [0.1, 0.15) is 25.3 Å². The minimum atomic E-state index is -4.67. The molecule has 0 fully saturated rings. The van der Waals surface area contributed by atoms with Crippen LogP contribution < -0.4 is 29.6 Å². The number of hydrogen-bond acceptors (Lipinski definition) is 3. The smallest absolute Gasteiger partial charge is 0.508 e. The van der Waals surface area contributed by atoms with Crippen LogP contribution in [0.5, 0.6) is 5.75 Å². The minimum Gasteiger partial charge on any atom is -0.508 e. The maximum Gasteiger partial charge on any atom is 1.00 e. The van der Waals surface area contributed by atoms with Gasteiger partial charge in [0.2, 0.25) is 0 Å². The Morgan fingerprint density at radius 2 is 1.52 bits per heavy atom. The van der Waals surface area contributed by atoms with Gasteiger partial charge in [0.15, 0.2) is 0 Å². The van der Waals surface area contributed by atoms with Gasteiger partial charge in [-0.3, -0.25) is 9.11 Å². The molecule has 0 spiro atoms. The molecule has 0 aliphatic heterocycles. The van der Waals surface area contributed by atoms with Gasteiger partial charge in [0.25, 0.3) is 0 Å². The summed E-state index contributed by atoms with van der Waals surface area (Å²) in [7, 11) is -4.67. The largest absolute Gasteiger partial charge is 1.00 e. The van der Waals surface area contributed by atoms with E-state index in [2.05, 4.69) is 25.1 Å². The Bertz CT molecular complexity index is 580. The Labute approximate surface area is 160 Å². The zero-order valence-electron chi connectivity index (χ0n) is 13.4. The maximum absolute atomic E-state index is 8.74. The number of phenolic OH excluding ortho intramolecular Hbond substituents is 1. The van der Waals surface area contributed by atoms with Crippen LogP contribution in [0.2, 0.25) is 0 Å². The van der Waals surface area contributed by atoms with E-state index in [0.29, 0.717) is 5.75 Å². The van der Waals surface area contributed by atoms with E-state index in [1.807, 2.05) is 18.2 Å². The Morgan fingerprint density at radius 3 is 1.87 bits per heavy atom. The van der Waals surface area contributed by atoms with E-state index >= 15 is 0 Å². The minimum absolute atomic E-state index is 0. The molecule has 122 valence electrons. The number of para-hydroxylation sites is 1. The van der Waals surface area contributed by atoms with E-state index in [0.717, 1.165) is 0 Å². The third-order valence-corrected chi connectivity index (χ3v) is 2.33. The molecule has 0 aromatic heterocycles. The monoisotopic (exact) mass is 348 g/mol. The molecule has 3 N–H and O–H groups in total. The van der Waals surface area contributed by atoms with Crippen molar-refractivity contribution in [3.63, 3.8) is 0 Å². The van der Waals surface area contributed by atoms with E-state index in [-0.39, 0.29) is 29.6 Å². The third kappa shape index (κ3) is 21.1. The molecule has 0 heterocycles. The Balaban J connectivity index is 0. The molecule has 0 amide bonds. The van der Waals surface area contributed by atoms with Gasteiger partial charge in [-0.25, -0.2) is 0 Å². The molecule has 0 radical (unpaired) electrons. The predicted molar refractivity (Wildman–Crippen MR) is 86.2 cm³/mol. The van der Waals surface area contributed by atoms with Gasteiger partial charge in [-0.15, -0.1) is 0 Å². The molecule has 0 saturated heterocycles. The van der Waals surface area contributed by atoms with Crippen LogP contribution in [0.4, 0.5) is 0 Å². The van der Waals surface area contributed by atoms with Gasteiger partial charge in [-0.1, -0.05) is 44.4 Å². The molecule has 2 aromatic carbocycles. The van der Waals surface area contributed by atoms with Crippen LogP contribution in [0, 0.1) is 6.07 Å². The summed E-state index contributed by atoms with van der Waals surface area (Å²) < 4.78 is 31.6. The second-order valence-corrected chi connectivity index (χ2v) is 5.17. The van der Waals surface area contributed by atoms with Crippen LogP contribution >= 0.6 is 0 Å². The van der Waals surface area contributed by atoms with E-state index in [4.69, 9.17) is 22.6 Å². The van der Waals surface area contributed by atoms with Crippen molar-refractivity contribution in [2.75, 3.05) is 0 Å². The third-order valence-electron chi connectivity index (χ3n) is 2.33. The van der Waals surface area contributed by atoms with Crippen molar-refractivity contribution in [3.05, 3.63) is 66.2 Å². The second kappa shape index (κ2) is 14.7. The molecule has 5 nitrogen and oxygen atoms in total. The Kier molecular flexibility index (Phi) is 15.6. The van der Waals surface area contributed by atoms with Gasteiger partial charge >= 0.3 is 40.0 Å². The number of unbranched alkanes of at least 4 members (excludes halogenated alkanes) is 1. The van der Waals surface area contributed by atoms with Crippen molar-refractivity contribution >= 4 is 10.4 Å². The molecule has 0 atom stereocenters. The normalized spacial score (nSPS) is 9.35. The van der Waals surface area contributed by atoms with Crippen LogP contribution in [0.3, 0.4) is 0 Å². The van der Waals surface area contributed by atoms with Crippen LogP contribution in [0.15, 0.2) is 54.6 Å². The number of phenols is 1. The molecule has 2 rings (SSSR count). The number of benzene rings is 2. The first-order chi connectivity index (χ1) is 10.3. The van der Waals surface area contributed by atoms with Gasteiger partial charge in [0.1, 0.15) is 5.75 Å². The first kappa shape index (κ1) is 24.4. The van der Waals surface area contributed by atoms with Crippen LogP contribution in [-0.2, 0) is 16.8 Å². The number of aryl methyl sites for hydroxylation is 1. The van der Waals surface area contributed by atoms with Crippen molar-refractivity contribution in [3.8, 4) is 5.75 Å². The fourth-order valence-electron chi connectivity index (χ4n) is 1.38. The zero-order chi connectivity index (χ0) is 16.8. The predicted octanol–water partition coefficient (Wildman–Crippen LogP) is 0.573. The zero-order valence-corrected chi connectivity index (χ0v) is 16.2. The quantitative estimate of drug-likeness (QED) is 0.428. The molecule has 0 unspecified atom stereocenters. The average molecular weight is 348 g/mol. The van der Waals surface area contributed by atoms with E-state index < -0.39 is 10.4 Å². The molecular weight excluding hydrogens is 327 g/mol. The molecule has 2 aromatic rings. The van der Waals surface area contributed by atoms with Crippen LogP contribution in [0.25, 0.3) is 0 Å². The number of hydrogen-bond donors (Lipinski definition) is 3. The summed E-state index contributed by atoms with van der Waals surface area (Å²) in [6, 6.07) is 20.1. The first-order valence-electron chi connectivity index (χ1n) is 6.72. The summed E-state index contributed by atoms with van der Waals surface area (Å²) in [5.74, 6) is 0.322. The summed E-state index contributed by atoms with van der Waals surface area (Å²) in [4.78, 5) is 0. The van der Waals surface area contributed by atoms with Gasteiger partial charge in [0, 0.05) is 0 Å². The van der Waals surface area contributed by atoms with Gasteiger partial charge in [0.05, 0.1) is 0 Å². The standard InChI is InChI=1S/C10H13.C6H6O.Na.H2O4S/c1-2-3-7-10-8-5-4-6-9-10;7-6-4-2-1-3-5-6;;1-5(2,3)4/h4-6,8H,2-3,7H2,1H3;1-5,7H;;(H2,1,2,3,4)/q-1;;+1;. The maximum atomic E-state index is 8.74. The molecular formula is C16H21NaO5S. The Morgan fingerprint density at radius 1 is 1.00 bits per heavy atom. The Hall–Kier alpha value is -0.890. The van der Waals surface area contributed by atoms with Crippen molar-refractivity contribution in [1.82, 2.24) is 0 Å². The molecule has 0 saturated carbocycles. The van der Waals surface area contributed by atoms with E-state index in [1.54, 1.807) is 24.3 Å². The van der Waals surface area contributed by atoms with Gasteiger partial charge in [-0.2, -0.15) is 44.3 Å². The van der Waals surface area contributed by atoms with Crippen molar-refractivity contribution in [2.24, 2.45) is 0 Å². The average Bonchev–Trinajstić information content (AvgIpc) is 2.46. The summed E-state index contributed by atoms with van der Waals surface area (Å²) in [5.41, 5.74) is 1.34. The van der Waals surface area contributed by atoms with Crippen LogP contribution in [-0.4, -0.2) is 22.6 Å². The first-order valence-corrected chi connectivity index (χ1v) is 8.12. The van der Waals surface area contributed by atoms with E-state index in [9.17, 15) is 0 Å². The fourth-order valence-corrected chi connectivity index (χ4v) is 1.38. The topological polar surface area (TPSA) is 94.8 Å². The summed E-state index contributed by atoms with van der Waals surface area (Å²) in [5, 5.41) is 8.63. The van der Waals surface area contributed by atoms with Crippen molar-refractivity contribution in [2.45, 2.75) is 26.2 Å². The molecule has 0 aliphatic carbocycles. The molecule has 0 aliphatic rings. The van der Waals surface area contributed by atoms with Gasteiger partial charge < -0.3 is 5.11 Å². The summed E-state index contributed by atoms with van der Waals surface area (Å²) in [6.07, 6.45) is 3.72. The molecule has 23 heavy (non-hydrogen) atoms. The second-order valence-electron chi connectivity index (χ2n) is 4.27.